The zero-order chi connectivity index (χ0) is 31.6. The summed E-state index contributed by atoms with van der Waals surface area (Å²) >= 11 is 3.67. The average molecular weight is 664 g/mol. The van der Waals surface area contributed by atoms with Gasteiger partial charge in [-0.15, -0.1) is 0 Å². The van der Waals surface area contributed by atoms with Gasteiger partial charge in [0.25, 0.3) is 5.91 Å². The van der Waals surface area contributed by atoms with E-state index in [0.717, 1.165) is 27.6 Å². The first-order chi connectivity index (χ1) is 21.2. The molecular formula is C33H39BrN6O4. The van der Waals surface area contributed by atoms with Crippen LogP contribution in [0.25, 0.3) is 10.4 Å². The zero-order valence-corrected chi connectivity index (χ0v) is 26.9. The van der Waals surface area contributed by atoms with Crippen LogP contribution in [0.5, 0.6) is 5.75 Å². The van der Waals surface area contributed by atoms with Crippen molar-refractivity contribution in [2.45, 2.75) is 58.2 Å². The van der Waals surface area contributed by atoms with Gasteiger partial charge in [0.05, 0.1) is 13.2 Å². The Labute approximate surface area is 266 Å². The number of aliphatic hydroxyl groups excluding tert-OH is 1. The maximum Gasteiger partial charge on any atom is 0.266 e. The van der Waals surface area contributed by atoms with Crippen molar-refractivity contribution in [2.24, 2.45) is 15.5 Å². The van der Waals surface area contributed by atoms with Crippen molar-refractivity contribution < 1.29 is 19.4 Å². The molecule has 0 saturated heterocycles. The monoisotopic (exact) mass is 662 g/mol. The van der Waals surface area contributed by atoms with E-state index in [2.05, 4.69) is 57.6 Å². The fraction of sp³-hybridized carbons (Fsp3) is 0.394. The van der Waals surface area contributed by atoms with Crippen LogP contribution in [0.4, 0.5) is 0 Å². The molecule has 0 radical (unpaired) electrons. The molecular weight excluding hydrogens is 624 g/mol. The molecule has 4 rings (SSSR count). The van der Waals surface area contributed by atoms with Crippen LogP contribution in [0.2, 0.25) is 0 Å². The molecule has 3 aromatic rings. The summed E-state index contributed by atoms with van der Waals surface area (Å²) in [4.78, 5) is 22.4. The minimum atomic E-state index is -1.42. The Bertz CT molecular complexity index is 1500. The van der Waals surface area contributed by atoms with Crippen LogP contribution in [0.1, 0.15) is 62.0 Å². The number of carbonyl (C=O) groups excluding carboxylic acids is 1. The molecule has 0 unspecified atom stereocenters. The molecule has 11 heteroatoms. The van der Waals surface area contributed by atoms with Crippen molar-refractivity contribution in [3.8, 4) is 5.75 Å². The van der Waals surface area contributed by atoms with Gasteiger partial charge in [-0.2, -0.15) is 0 Å². The largest absolute Gasteiger partial charge is 0.494 e. The Morgan fingerprint density at radius 2 is 1.82 bits per heavy atom. The number of carbonyl (C=O) groups is 1. The first-order valence-electron chi connectivity index (χ1n) is 14.6. The number of ether oxygens (including phenoxy) is 2. The van der Waals surface area contributed by atoms with Gasteiger partial charge in [0, 0.05) is 46.5 Å². The van der Waals surface area contributed by atoms with E-state index in [1.165, 1.54) is 0 Å². The number of benzene rings is 3. The standard InChI is InChI=1S/C33H39BrN6O4/c1-32(2,3)17-18-36-39-31(42)33(21-24-9-4-5-10-25(24)22-37-40-35)29(27-11-6-7-12-28(27)34)44-30(38-33)23-13-15-26(16-14-23)43-20-8-19-41/h4-7,9-16,29,36,41H,8,17-22H2,1-3H3,(H,39,42)/t29-,33-/m0/s1. The minimum absolute atomic E-state index is 0.0559. The van der Waals surface area contributed by atoms with Crippen LogP contribution in [0.15, 0.2) is 87.4 Å². The van der Waals surface area contributed by atoms with Crippen molar-refractivity contribution in [3.63, 3.8) is 0 Å². The summed E-state index contributed by atoms with van der Waals surface area (Å²) in [6.45, 7) is 7.61. The summed E-state index contributed by atoms with van der Waals surface area (Å²) in [6, 6.07) is 22.5. The second-order valence-electron chi connectivity index (χ2n) is 11.8. The smallest absolute Gasteiger partial charge is 0.266 e. The van der Waals surface area contributed by atoms with Crippen molar-refractivity contribution in [3.05, 3.63) is 110 Å². The number of aliphatic hydroxyl groups is 1. The average Bonchev–Trinajstić information content (AvgIpc) is 3.39. The third-order valence-corrected chi connectivity index (χ3v) is 8.02. The molecule has 44 heavy (non-hydrogen) atoms. The molecule has 3 N–H and O–H groups in total. The lowest BCUT2D eigenvalue weighted by atomic mass is 9.81. The van der Waals surface area contributed by atoms with Gasteiger partial charge in [0.15, 0.2) is 11.6 Å². The molecule has 1 amide bonds. The third-order valence-electron chi connectivity index (χ3n) is 7.30. The number of azide groups is 1. The molecule has 1 aliphatic rings. The molecule has 0 fully saturated rings. The van der Waals surface area contributed by atoms with Crippen LogP contribution in [-0.4, -0.2) is 42.2 Å². The maximum absolute atomic E-state index is 14.4. The number of nitrogens with zero attached hydrogens (tertiary/aromatic N) is 4. The first kappa shape index (κ1) is 33.0. The molecule has 232 valence electrons. The zero-order valence-electron chi connectivity index (χ0n) is 25.3. The number of hydrazine groups is 1. The van der Waals surface area contributed by atoms with Gasteiger partial charge in [-0.05, 0) is 58.8 Å². The maximum atomic E-state index is 14.4. The Morgan fingerprint density at radius 3 is 2.50 bits per heavy atom. The van der Waals surface area contributed by atoms with E-state index in [1.54, 1.807) is 0 Å². The normalized spacial score (nSPS) is 17.8. The van der Waals surface area contributed by atoms with E-state index >= 15 is 0 Å². The molecule has 10 nitrogen and oxygen atoms in total. The van der Waals surface area contributed by atoms with Crippen molar-refractivity contribution in [1.29, 1.82) is 0 Å². The predicted octanol–water partition coefficient (Wildman–Crippen LogP) is 6.58. The van der Waals surface area contributed by atoms with Crippen molar-refractivity contribution >= 4 is 27.7 Å². The predicted molar refractivity (Wildman–Crippen MR) is 174 cm³/mol. The fourth-order valence-corrected chi connectivity index (χ4v) is 5.41. The molecule has 0 bridgehead atoms. The molecule has 0 spiro atoms. The van der Waals surface area contributed by atoms with Crippen molar-refractivity contribution in [2.75, 3.05) is 19.8 Å². The number of nitrogens with one attached hydrogen (secondary N) is 2. The van der Waals surface area contributed by atoms with Crippen LogP contribution < -0.4 is 15.6 Å². The van der Waals surface area contributed by atoms with Crippen LogP contribution >= 0.6 is 15.9 Å². The highest BCUT2D eigenvalue weighted by atomic mass is 79.9. The minimum Gasteiger partial charge on any atom is -0.494 e. The summed E-state index contributed by atoms with van der Waals surface area (Å²) in [6.07, 6.45) is 0.786. The van der Waals surface area contributed by atoms with Gasteiger partial charge < -0.3 is 14.6 Å². The fourth-order valence-electron chi connectivity index (χ4n) is 4.92. The van der Waals surface area contributed by atoms with Gasteiger partial charge in [0.2, 0.25) is 5.90 Å². The summed E-state index contributed by atoms with van der Waals surface area (Å²) in [5, 5.41) is 12.8. The Balaban J connectivity index is 1.79. The summed E-state index contributed by atoms with van der Waals surface area (Å²) in [5.74, 6) is 0.636. The highest BCUT2D eigenvalue weighted by molar-refractivity contribution is 9.10. The first-order valence-corrected chi connectivity index (χ1v) is 15.4. The van der Waals surface area contributed by atoms with Gasteiger partial charge >= 0.3 is 0 Å². The second kappa shape index (κ2) is 15.2. The number of aliphatic imine (C=N–C) groups is 1. The van der Waals surface area contributed by atoms with E-state index in [-0.39, 0.29) is 30.9 Å². The summed E-state index contributed by atoms with van der Waals surface area (Å²) in [5.41, 5.74) is 16.8. The summed E-state index contributed by atoms with van der Waals surface area (Å²) < 4.78 is 13.1. The van der Waals surface area contributed by atoms with E-state index in [1.807, 2.05) is 72.8 Å². The van der Waals surface area contributed by atoms with Gasteiger partial charge in [-0.3, -0.25) is 10.2 Å². The van der Waals surface area contributed by atoms with E-state index < -0.39 is 11.6 Å². The van der Waals surface area contributed by atoms with E-state index in [0.29, 0.717) is 36.8 Å². The molecule has 3 aromatic carbocycles. The Morgan fingerprint density at radius 1 is 1.11 bits per heavy atom. The number of hydrogen-bond donors (Lipinski definition) is 3. The highest BCUT2D eigenvalue weighted by Gasteiger charge is 2.54. The lowest BCUT2D eigenvalue weighted by molar-refractivity contribution is -0.130. The van der Waals surface area contributed by atoms with Crippen LogP contribution in [0, 0.1) is 5.41 Å². The second-order valence-corrected chi connectivity index (χ2v) is 12.7. The number of halogens is 1. The molecule has 0 saturated carbocycles. The molecule has 1 aliphatic heterocycles. The lowest BCUT2D eigenvalue weighted by Crippen LogP contribution is -2.54. The quantitative estimate of drug-likeness (QED) is 0.0588. The van der Waals surface area contributed by atoms with Gasteiger partial charge in [-0.1, -0.05) is 84.3 Å². The SMILES string of the molecule is CC(C)(C)CCNNC(=O)[C@@]1(Cc2ccccc2CN=[N+]=[N-])N=C(c2ccc(OCCCO)cc2)O[C@H]1c1ccccc1Br. The highest BCUT2D eigenvalue weighted by Crippen LogP contribution is 2.45. The number of hydrogen-bond acceptors (Lipinski definition) is 7. The third kappa shape index (κ3) is 8.39. The molecule has 0 aliphatic carbocycles. The molecule has 1 heterocycles. The van der Waals surface area contributed by atoms with Crippen molar-refractivity contribution in [1.82, 2.24) is 10.9 Å². The number of rotatable bonds is 14. The molecule has 2 atom stereocenters. The number of amides is 1. The Hall–Kier alpha value is -3.89. The molecule has 0 aromatic heterocycles. The van der Waals surface area contributed by atoms with Crippen LogP contribution in [0.3, 0.4) is 0 Å². The van der Waals surface area contributed by atoms with Gasteiger partial charge in [-0.25, -0.2) is 10.4 Å². The van der Waals surface area contributed by atoms with E-state index in [4.69, 9.17) is 25.1 Å². The van der Waals surface area contributed by atoms with Gasteiger partial charge in [0.1, 0.15) is 5.75 Å². The Kier molecular flexibility index (Phi) is 11.4. The van der Waals surface area contributed by atoms with E-state index in [9.17, 15) is 4.79 Å². The summed E-state index contributed by atoms with van der Waals surface area (Å²) in [7, 11) is 0. The van der Waals surface area contributed by atoms with Crippen LogP contribution in [-0.2, 0) is 22.5 Å². The lowest BCUT2D eigenvalue weighted by Gasteiger charge is -2.32. The topological polar surface area (TPSA) is 141 Å².